The summed E-state index contributed by atoms with van der Waals surface area (Å²) in [7, 11) is 0. The zero-order valence-corrected chi connectivity index (χ0v) is 11.7. The van der Waals surface area contributed by atoms with Crippen molar-refractivity contribution in [3.63, 3.8) is 0 Å². The first-order chi connectivity index (χ1) is 8.20. The summed E-state index contributed by atoms with van der Waals surface area (Å²) in [5.41, 5.74) is 2.31. The first kappa shape index (κ1) is 12.7. The number of hydrogen-bond donors (Lipinski definition) is 0. The van der Waals surface area contributed by atoms with Gasteiger partial charge in [0.15, 0.2) is 0 Å². The van der Waals surface area contributed by atoms with Crippen molar-refractivity contribution in [1.82, 2.24) is 4.98 Å². The van der Waals surface area contributed by atoms with Crippen LogP contribution in [-0.4, -0.2) is 16.1 Å². The van der Waals surface area contributed by atoms with E-state index in [1.807, 2.05) is 23.9 Å². The van der Waals surface area contributed by atoms with Gasteiger partial charge >= 0.3 is 0 Å². The van der Waals surface area contributed by atoms with E-state index < -0.39 is 0 Å². The van der Waals surface area contributed by atoms with Gasteiger partial charge < -0.3 is 0 Å². The zero-order valence-electron chi connectivity index (χ0n) is 10.1. The third-order valence-corrected chi connectivity index (χ3v) is 4.19. The summed E-state index contributed by atoms with van der Waals surface area (Å²) in [6, 6.07) is 10.4. The molecule has 2 aromatic rings. The molecule has 2 rings (SSSR count). The van der Waals surface area contributed by atoms with Crippen LogP contribution in [0.15, 0.2) is 35.4 Å². The van der Waals surface area contributed by atoms with Crippen molar-refractivity contribution >= 4 is 34.3 Å². The third kappa shape index (κ3) is 3.14. The number of alkyl halides is 1. The van der Waals surface area contributed by atoms with Gasteiger partial charge in [0, 0.05) is 16.5 Å². The number of aromatic nitrogens is 1. The summed E-state index contributed by atoms with van der Waals surface area (Å²) in [4.78, 5) is 4.72. The molecular weight excluding hydrogens is 250 g/mol. The molecule has 17 heavy (non-hydrogen) atoms. The van der Waals surface area contributed by atoms with E-state index in [1.54, 1.807) is 0 Å². The van der Waals surface area contributed by atoms with Gasteiger partial charge in [-0.05, 0) is 31.0 Å². The van der Waals surface area contributed by atoms with Gasteiger partial charge in [-0.2, -0.15) is 0 Å². The van der Waals surface area contributed by atoms with Gasteiger partial charge in [0.1, 0.15) is 0 Å². The Morgan fingerprint density at radius 3 is 2.88 bits per heavy atom. The highest BCUT2D eigenvalue weighted by Gasteiger charge is 2.08. The second kappa shape index (κ2) is 5.74. The monoisotopic (exact) mass is 265 g/mol. The van der Waals surface area contributed by atoms with Gasteiger partial charge in [-0.25, -0.2) is 4.98 Å². The highest BCUT2D eigenvalue weighted by atomic mass is 35.5. The van der Waals surface area contributed by atoms with E-state index in [0.717, 1.165) is 17.0 Å². The van der Waals surface area contributed by atoms with E-state index in [4.69, 9.17) is 16.6 Å². The fraction of sp³-hybridized carbons (Fsp3) is 0.357. The molecule has 1 aromatic carbocycles. The maximum Gasteiger partial charge on any atom is 0.0999 e. The van der Waals surface area contributed by atoms with E-state index >= 15 is 0 Å². The Kier molecular flexibility index (Phi) is 4.30. The molecule has 0 fully saturated rings. The van der Waals surface area contributed by atoms with E-state index in [2.05, 4.69) is 32.0 Å². The molecule has 3 heteroatoms. The van der Waals surface area contributed by atoms with Crippen molar-refractivity contribution in [2.75, 3.05) is 5.88 Å². The number of benzene rings is 1. The molecule has 0 aliphatic heterocycles. The van der Waals surface area contributed by atoms with Gasteiger partial charge in [0.25, 0.3) is 0 Å². The van der Waals surface area contributed by atoms with E-state index in [1.165, 1.54) is 10.9 Å². The fourth-order valence-electron chi connectivity index (χ4n) is 1.73. The van der Waals surface area contributed by atoms with Gasteiger partial charge in [0.2, 0.25) is 0 Å². The van der Waals surface area contributed by atoms with Gasteiger partial charge in [-0.3, -0.25) is 0 Å². The van der Waals surface area contributed by atoms with Crippen LogP contribution in [-0.2, 0) is 0 Å². The molecule has 0 aliphatic carbocycles. The van der Waals surface area contributed by atoms with Crippen LogP contribution in [0.25, 0.3) is 10.9 Å². The van der Waals surface area contributed by atoms with E-state index in [9.17, 15) is 0 Å². The maximum absolute atomic E-state index is 5.76. The molecule has 1 unspecified atom stereocenters. The molecule has 1 heterocycles. The highest BCUT2D eigenvalue weighted by molar-refractivity contribution is 7.99. The quantitative estimate of drug-likeness (QED) is 0.589. The zero-order chi connectivity index (χ0) is 12.3. The minimum absolute atomic E-state index is 0.514. The number of para-hydroxylation sites is 1. The fourth-order valence-corrected chi connectivity index (χ4v) is 3.20. The van der Waals surface area contributed by atoms with Gasteiger partial charge in [-0.15, -0.1) is 23.4 Å². The van der Waals surface area contributed by atoms with Gasteiger partial charge in [0.05, 0.1) is 10.5 Å². The summed E-state index contributed by atoms with van der Waals surface area (Å²) < 4.78 is 0. The number of hydrogen-bond acceptors (Lipinski definition) is 2. The third-order valence-electron chi connectivity index (χ3n) is 2.70. The topological polar surface area (TPSA) is 12.9 Å². The first-order valence-corrected chi connectivity index (χ1v) is 7.21. The minimum atomic E-state index is 0.514. The van der Waals surface area contributed by atoms with E-state index in [-0.39, 0.29) is 0 Å². The molecule has 0 aliphatic rings. The Hall–Kier alpha value is -0.730. The minimum Gasteiger partial charge on any atom is -0.241 e. The van der Waals surface area contributed by atoms with Crippen molar-refractivity contribution in [3.8, 4) is 0 Å². The standard InChI is InChI=1S/C14H16ClNS/c1-10-9-12-5-3-4-6-13(12)16-14(10)17-11(2)7-8-15/h3-6,9,11H,7-8H2,1-2H3. The second-order valence-electron chi connectivity index (χ2n) is 4.21. The van der Waals surface area contributed by atoms with Crippen molar-refractivity contribution < 1.29 is 0 Å². The summed E-state index contributed by atoms with van der Waals surface area (Å²) in [5.74, 6) is 0.709. The Morgan fingerprint density at radius 1 is 1.35 bits per heavy atom. The van der Waals surface area contributed by atoms with Crippen LogP contribution in [0.3, 0.4) is 0 Å². The number of thioether (sulfide) groups is 1. The smallest absolute Gasteiger partial charge is 0.0999 e. The molecule has 1 atom stereocenters. The Balaban J connectivity index is 2.31. The molecule has 1 nitrogen and oxygen atoms in total. The average molecular weight is 266 g/mol. The molecule has 0 N–H and O–H groups in total. The molecule has 0 radical (unpaired) electrons. The number of aryl methyl sites for hydroxylation is 1. The highest BCUT2D eigenvalue weighted by Crippen LogP contribution is 2.28. The van der Waals surface area contributed by atoms with Crippen molar-refractivity contribution in [1.29, 1.82) is 0 Å². The lowest BCUT2D eigenvalue weighted by Gasteiger charge is -2.11. The largest absolute Gasteiger partial charge is 0.241 e. The van der Waals surface area contributed by atoms with Crippen LogP contribution >= 0.6 is 23.4 Å². The van der Waals surface area contributed by atoms with Crippen LogP contribution in [0, 0.1) is 6.92 Å². The SMILES string of the molecule is Cc1cc2ccccc2nc1SC(C)CCCl. The maximum atomic E-state index is 5.76. The van der Waals surface area contributed by atoms with Crippen LogP contribution < -0.4 is 0 Å². The predicted octanol–water partition coefficient (Wildman–Crippen LogP) is 4.65. The molecule has 0 bridgehead atoms. The lowest BCUT2D eigenvalue weighted by atomic mass is 10.2. The van der Waals surface area contributed by atoms with Crippen molar-refractivity contribution in [3.05, 3.63) is 35.9 Å². The Morgan fingerprint density at radius 2 is 2.12 bits per heavy atom. The molecular formula is C14H16ClNS. The predicted molar refractivity (Wildman–Crippen MR) is 77.1 cm³/mol. The molecule has 90 valence electrons. The summed E-state index contributed by atoms with van der Waals surface area (Å²) in [6.45, 7) is 4.32. The second-order valence-corrected chi connectivity index (χ2v) is 6.01. The number of rotatable bonds is 4. The van der Waals surface area contributed by atoms with Crippen molar-refractivity contribution in [2.45, 2.75) is 30.5 Å². The van der Waals surface area contributed by atoms with E-state index in [0.29, 0.717) is 11.1 Å². The van der Waals surface area contributed by atoms with Crippen LogP contribution in [0.5, 0.6) is 0 Å². The number of halogens is 1. The lowest BCUT2D eigenvalue weighted by molar-refractivity contribution is 0.907. The summed E-state index contributed by atoms with van der Waals surface area (Å²) in [5, 5.41) is 2.85. The molecule has 1 aromatic heterocycles. The lowest BCUT2D eigenvalue weighted by Crippen LogP contribution is -1.99. The number of nitrogens with zero attached hydrogens (tertiary/aromatic N) is 1. The molecule has 0 saturated carbocycles. The summed E-state index contributed by atoms with van der Waals surface area (Å²) >= 11 is 7.58. The number of pyridine rings is 1. The van der Waals surface area contributed by atoms with Gasteiger partial charge in [-0.1, -0.05) is 25.1 Å². The Bertz CT molecular complexity index is 513. The number of fused-ring (bicyclic) bond motifs is 1. The Labute approximate surface area is 112 Å². The van der Waals surface area contributed by atoms with Crippen molar-refractivity contribution in [2.24, 2.45) is 0 Å². The van der Waals surface area contributed by atoms with Crippen LogP contribution in [0.2, 0.25) is 0 Å². The molecule has 0 spiro atoms. The average Bonchev–Trinajstić information content (AvgIpc) is 2.30. The van der Waals surface area contributed by atoms with Crippen LogP contribution in [0.4, 0.5) is 0 Å². The van der Waals surface area contributed by atoms with Crippen LogP contribution in [0.1, 0.15) is 18.9 Å². The normalized spacial score (nSPS) is 12.9. The molecule has 0 saturated heterocycles. The molecule has 0 amide bonds. The first-order valence-electron chi connectivity index (χ1n) is 5.79. The summed E-state index contributed by atoms with van der Waals surface area (Å²) in [6.07, 6.45) is 1.01.